The zero-order chi connectivity index (χ0) is 16.0. The average molecular weight is 342 g/mol. The maximum absolute atomic E-state index is 12.4. The van der Waals surface area contributed by atoms with E-state index < -0.39 is 42.1 Å². The third kappa shape index (κ3) is 4.99. The van der Waals surface area contributed by atoms with Crippen LogP contribution in [0.25, 0.3) is 0 Å². The average Bonchev–Trinajstić information content (AvgIpc) is 2.92. The van der Waals surface area contributed by atoms with Gasteiger partial charge >= 0.3 is 0 Å². The van der Waals surface area contributed by atoms with Crippen LogP contribution in [0.3, 0.4) is 0 Å². The fraction of sp³-hybridized carbons (Fsp3) is 0.545. The highest BCUT2D eigenvalue weighted by Crippen LogP contribution is 2.19. The number of sulfonamides is 1. The maximum Gasteiger partial charge on any atom is 0.255 e. The lowest BCUT2D eigenvalue weighted by Crippen LogP contribution is -2.44. The first kappa shape index (κ1) is 18.0. The smallest absolute Gasteiger partial charge is 0.255 e. The van der Waals surface area contributed by atoms with Crippen molar-refractivity contribution in [3.05, 3.63) is 17.5 Å². The third-order valence-corrected chi connectivity index (χ3v) is 5.78. The lowest BCUT2D eigenvalue weighted by molar-refractivity contribution is -0.133. The van der Waals surface area contributed by atoms with Crippen LogP contribution in [0.15, 0.2) is 21.7 Å². The summed E-state index contributed by atoms with van der Waals surface area (Å²) in [5, 5.41) is 10.4. The molecule has 0 fully saturated rings. The summed E-state index contributed by atoms with van der Waals surface area (Å²) < 4.78 is 49.8. The maximum atomic E-state index is 12.4. The van der Waals surface area contributed by atoms with E-state index in [1.54, 1.807) is 11.4 Å². The first-order chi connectivity index (χ1) is 9.78. The van der Waals surface area contributed by atoms with Gasteiger partial charge in [0.2, 0.25) is 5.91 Å². The van der Waals surface area contributed by atoms with Crippen LogP contribution in [0.1, 0.15) is 0 Å². The summed E-state index contributed by atoms with van der Waals surface area (Å²) >= 11 is 1.00. The zero-order valence-corrected chi connectivity index (χ0v) is 12.9. The number of carbonyl (C=O) groups excluding carboxylic acids is 1. The number of likely N-dealkylation sites (N-methyl/N-ethyl adjacent to an activating group) is 1. The van der Waals surface area contributed by atoms with E-state index >= 15 is 0 Å². The summed E-state index contributed by atoms with van der Waals surface area (Å²) in [6.45, 7) is -2.14. The van der Waals surface area contributed by atoms with Crippen molar-refractivity contribution in [3.63, 3.8) is 0 Å². The number of aliphatic hydroxyl groups is 1. The standard InChI is InChI=1S/C11H16F2N2O4S2/c1-14(21(18,19)11-3-2-6-20-11)8-10(17)15(4-5-16)7-9(12)13/h2-3,6,9,16H,4-5,7-8H2,1H3. The number of hydrogen-bond acceptors (Lipinski definition) is 5. The number of amides is 1. The molecule has 21 heavy (non-hydrogen) atoms. The Morgan fingerprint density at radius 3 is 2.62 bits per heavy atom. The van der Waals surface area contributed by atoms with Gasteiger partial charge in [0, 0.05) is 13.6 Å². The molecule has 1 aromatic heterocycles. The fourth-order valence-corrected chi connectivity index (χ4v) is 3.87. The molecule has 0 spiro atoms. The van der Waals surface area contributed by atoms with E-state index in [0.29, 0.717) is 0 Å². The predicted molar refractivity (Wildman–Crippen MR) is 73.8 cm³/mol. The topological polar surface area (TPSA) is 77.9 Å². The molecule has 0 aliphatic carbocycles. The Morgan fingerprint density at radius 1 is 1.48 bits per heavy atom. The molecule has 0 aliphatic rings. The second-order valence-electron chi connectivity index (χ2n) is 4.15. The molecule has 0 aromatic carbocycles. The lowest BCUT2D eigenvalue weighted by Gasteiger charge is -2.24. The first-order valence-electron chi connectivity index (χ1n) is 5.95. The number of thiophene rings is 1. The van der Waals surface area contributed by atoms with Gasteiger partial charge in [-0.15, -0.1) is 11.3 Å². The van der Waals surface area contributed by atoms with Gasteiger partial charge in [-0.3, -0.25) is 4.79 Å². The van der Waals surface area contributed by atoms with Crippen molar-refractivity contribution >= 4 is 27.3 Å². The van der Waals surface area contributed by atoms with Gasteiger partial charge in [0.15, 0.2) is 0 Å². The largest absolute Gasteiger partial charge is 0.395 e. The quantitative estimate of drug-likeness (QED) is 0.744. The Balaban J connectivity index is 2.76. The van der Waals surface area contributed by atoms with Crippen molar-refractivity contribution in [1.82, 2.24) is 9.21 Å². The Kier molecular flexibility index (Phi) is 6.65. The number of halogens is 2. The summed E-state index contributed by atoms with van der Waals surface area (Å²) in [7, 11) is -2.61. The van der Waals surface area contributed by atoms with Crippen LogP contribution in [-0.4, -0.2) is 68.4 Å². The van der Waals surface area contributed by atoms with Crippen LogP contribution in [0, 0.1) is 0 Å². The van der Waals surface area contributed by atoms with Gasteiger partial charge in [-0.1, -0.05) is 6.07 Å². The van der Waals surface area contributed by atoms with Crippen molar-refractivity contribution < 1.29 is 27.1 Å². The molecular formula is C11H16F2N2O4S2. The molecule has 0 saturated heterocycles. The summed E-state index contributed by atoms with van der Waals surface area (Å²) in [4.78, 5) is 12.6. The normalized spacial score (nSPS) is 12.1. The lowest BCUT2D eigenvalue weighted by atomic mass is 10.4. The van der Waals surface area contributed by atoms with Crippen LogP contribution in [0.4, 0.5) is 8.78 Å². The van der Waals surface area contributed by atoms with E-state index in [1.807, 2.05) is 0 Å². The minimum atomic E-state index is -3.81. The number of aliphatic hydroxyl groups excluding tert-OH is 1. The number of hydrogen-bond donors (Lipinski definition) is 1. The van der Waals surface area contributed by atoms with Gasteiger partial charge in [-0.25, -0.2) is 17.2 Å². The van der Waals surface area contributed by atoms with Crippen molar-refractivity contribution in [2.45, 2.75) is 10.6 Å². The van der Waals surface area contributed by atoms with Gasteiger partial charge in [-0.2, -0.15) is 4.31 Å². The Bertz CT molecular complexity index is 549. The summed E-state index contributed by atoms with van der Waals surface area (Å²) in [5.41, 5.74) is 0. The molecule has 0 unspecified atom stereocenters. The van der Waals surface area contributed by atoms with E-state index in [0.717, 1.165) is 20.5 Å². The van der Waals surface area contributed by atoms with E-state index in [2.05, 4.69) is 0 Å². The zero-order valence-electron chi connectivity index (χ0n) is 11.3. The number of alkyl halides is 2. The van der Waals surface area contributed by atoms with Crippen LogP contribution >= 0.6 is 11.3 Å². The Morgan fingerprint density at radius 2 is 2.14 bits per heavy atom. The molecule has 0 saturated carbocycles. The van der Waals surface area contributed by atoms with E-state index in [9.17, 15) is 22.0 Å². The van der Waals surface area contributed by atoms with E-state index in [4.69, 9.17) is 5.11 Å². The second kappa shape index (κ2) is 7.78. The number of nitrogens with zero attached hydrogens (tertiary/aromatic N) is 2. The fourth-order valence-electron chi connectivity index (χ4n) is 1.54. The van der Waals surface area contributed by atoms with E-state index in [1.165, 1.54) is 13.1 Å². The third-order valence-electron chi connectivity index (χ3n) is 2.60. The van der Waals surface area contributed by atoms with E-state index in [-0.39, 0.29) is 10.8 Å². The minimum absolute atomic E-state index is 0.0698. The van der Waals surface area contributed by atoms with Crippen LogP contribution < -0.4 is 0 Å². The highest BCUT2D eigenvalue weighted by Gasteiger charge is 2.26. The SMILES string of the molecule is CN(CC(=O)N(CCO)CC(F)F)S(=O)(=O)c1cccs1. The van der Waals surface area contributed by atoms with Gasteiger partial charge in [0.1, 0.15) is 4.21 Å². The molecule has 120 valence electrons. The Hall–Kier alpha value is -1.10. The first-order valence-corrected chi connectivity index (χ1v) is 8.27. The molecule has 0 bridgehead atoms. The molecule has 0 radical (unpaired) electrons. The van der Waals surface area contributed by atoms with Gasteiger partial charge in [0.25, 0.3) is 16.4 Å². The highest BCUT2D eigenvalue weighted by molar-refractivity contribution is 7.91. The number of rotatable bonds is 8. The highest BCUT2D eigenvalue weighted by atomic mass is 32.2. The van der Waals surface area contributed by atoms with Gasteiger partial charge in [0.05, 0.1) is 19.7 Å². The molecule has 0 atom stereocenters. The summed E-state index contributed by atoms with van der Waals surface area (Å²) in [6.07, 6.45) is -2.75. The molecule has 6 nitrogen and oxygen atoms in total. The van der Waals surface area contributed by atoms with Crippen molar-refractivity contribution in [2.24, 2.45) is 0 Å². The molecular weight excluding hydrogens is 326 g/mol. The Labute approximate surface area is 125 Å². The monoisotopic (exact) mass is 342 g/mol. The van der Waals surface area contributed by atoms with Crippen LogP contribution in [-0.2, 0) is 14.8 Å². The molecule has 10 heteroatoms. The molecule has 1 amide bonds. The molecule has 1 aromatic rings. The van der Waals surface area contributed by atoms with Crippen LogP contribution in [0.5, 0.6) is 0 Å². The summed E-state index contributed by atoms with van der Waals surface area (Å²) in [6, 6.07) is 2.95. The predicted octanol–water partition coefficient (Wildman–Crippen LogP) is 0.455. The van der Waals surface area contributed by atoms with Gasteiger partial charge < -0.3 is 10.0 Å². The van der Waals surface area contributed by atoms with Gasteiger partial charge in [-0.05, 0) is 11.4 Å². The molecule has 1 heterocycles. The van der Waals surface area contributed by atoms with Crippen LogP contribution in [0.2, 0.25) is 0 Å². The molecule has 1 N–H and O–H groups in total. The minimum Gasteiger partial charge on any atom is -0.395 e. The van der Waals surface area contributed by atoms with Crippen molar-refractivity contribution in [2.75, 3.05) is 33.3 Å². The summed E-state index contributed by atoms with van der Waals surface area (Å²) in [5.74, 6) is -0.785. The van der Waals surface area contributed by atoms with Crippen molar-refractivity contribution in [3.8, 4) is 0 Å². The second-order valence-corrected chi connectivity index (χ2v) is 7.37. The van der Waals surface area contributed by atoms with Crippen molar-refractivity contribution in [1.29, 1.82) is 0 Å². The molecule has 0 aliphatic heterocycles. The molecule has 1 rings (SSSR count). The number of carbonyl (C=O) groups is 1.